The van der Waals surface area contributed by atoms with Gasteiger partial charge in [0.05, 0.1) is 18.5 Å². The average molecular weight is 516 g/mol. The molecule has 0 spiro atoms. The first-order chi connectivity index (χ1) is 16.6. The Balaban J connectivity index is 2.97. The molecule has 198 valence electrons. The maximum Gasteiger partial charge on any atom is 0.326 e. The molecule has 1 aromatic rings. The fourth-order valence-electron chi connectivity index (χ4n) is 3.15. The second kappa shape index (κ2) is 16.1. The standard InChI is InChI=1S/C21H37N7O6S/c1-12(29)17(28-18(30)14(23)6-8-35-2)20(32)27-16(9-13-10-24-11-25-13)19(31)26-15(21(33)34)5-3-4-7-22/h10-12,14-17,29H,3-9,22-23H2,1-2H3,(H,24,25)(H,26,31)(H,27,32)(H,28,30)(H,33,34). The number of imidazole rings is 1. The molecule has 0 aromatic carbocycles. The van der Waals surface area contributed by atoms with Gasteiger partial charge in [0.1, 0.15) is 18.1 Å². The van der Waals surface area contributed by atoms with Gasteiger partial charge in [-0.1, -0.05) is 0 Å². The maximum absolute atomic E-state index is 13.0. The molecule has 0 radical (unpaired) electrons. The molecular weight excluding hydrogens is 478 g/mol. The van der Waals surface area contributed by atoms with Gasteiger partial charge in [-0.15, -0.1) is 0 Å². The van der Waals surface area contributed by atoms with E-state index in [-0.39, 0.29) is 12.8 Å². The van der Waals surface area contributed by atoms with Crippen LogP contribution < -0.4 is 27.4 Å². The highest BCUT2D eigenvalue weighted by atomic mass is 32.2. The Labute approximate surface area is 208 Å². The Kier molecular flexibility index (Phi) is 13.9. The Morgan fingerprint density at radius 2 is 1.77 bits per heavy atom. The number of aliphatic carboxylic acids is 1. The summed E-state index contributed by atoms with van der Waals surface area (Å²) in [6.45, 7) is 1.71. The van der Waals surface area contributed by atoms with Gasteiger partial charge in [-0.3, -0.25) is 14.4 Å². The summed E-state index contributed by atoms with van der Waals surface area (Å²) in [6.07, 6.45) is 5.06. The number of carbonyl (C=O) groups excluding carboxylic acids is 3. The van der Waals surface area contributed by atoms with Crippen LogP contribution >= 0.6 is 11.8 Å². The monoisotopic (exact) mass is 515 g/mol. The van der Waals surface area contributed by atoms with E-state index in [0.717, 1.165) is 0 Å². The van der Waals surface area contributed by atoms with Crippen molar-refractivity contribution in [3.8, 4) is 0 Å². The van der Waals surface area contributed by atoms with Gasteiger partial charge in [0.25, 0.3) is 0 Å². The average Bonchev–Trinajstić information content (AvgIpc) is 3.32. The van der Waals surface area contributed by atoms with E-state index in [1.54, 1.807) is 0 Å². The predicted molar refractivity (Wildman–Crippen MR) is 131 cm³/mol. The van der Waals surface area contributed by atoms with Crippen LogP contribution in [0, 0.1) is 0 Å². The molecule has 0 bridgehead atoms. The normalized spacial score (nSPS) is 15.3. The van der Waals surface area contributed by atoms with Gasteiger partial charge in [-0.05, 0) is 51.2 Å². The minimum absolute atomic E-state index is 0.0274. The van der Waals surface area contributed by atoms with Crippen LogP contribution in [-0.4, -0.2) is 92.7 Å². The number of unbranched alkanes of at least 4 members (excludes halogenated alkanes) is 1. The van der Waals surface area contributed by atoms with Gasteiger partial charge in [0.2, 0.25) is 17.7 Å². The summed E-state index contributed by atoms with van der Waals surface area (Å²) in [4.78, 5) is 56.6. The lowest BCUT2D eigenvalue weighted by atomic mass is 10.1. The highest BCUT2D eigenvalue weighted by molar-refractivity contribution is 7.98. The number of aliphatic hydroxyl groups is 1. The molecular formula is C21H37N7O6S. The van der Waals surface area contributed by atoms with E-state index in [1.807, 2.05) is 6.26 Å². The SMILES string of the molecule is CSCCC(N)C(=O)NC(C(=O)NC(Cc1cnc[nH]1)C(=O)NC(CCCCN)C(=O)O)C(C)O. The van der Waals surface area contributed by atoms with Crippen LogP contribution in [0.5, 0.6) is 0 Å². The van der Waals surface area contributed by atoms with Crippen molar-refractivity contribution in [2.24, 2.45) is 11.5 Å². The summed E-state index contributed by atoms with van der Waals surface area (Å²) >= 11 is 1.52. The first kappa shape index (κ1) is 30.4. The van der Waals surface area contributed by atoms with Crippen molar-refractivity contribution in [3.63, 3.8) is 0 Å². The van der Waals surface area contributed by atoms with Crippen molar-refractivity contribution < 1.29 is 29.4 Å². The summed E-state index contributed by atoms with van der Waals surface area (Å²) < 4.78 is 0. The molecule has 0 aliphatic carbocycles. The van der Waals surface area contributed by atoms with E-state index >= 15 is 0 Å². The number of nitrogens with one attached hydrogen (secondary N) is 4. The first-order valence-corrected chi connectivity index (χ1v) is 12.7. The number of amides is 3. The molecule has 35 heavy (non-hydrogen) atoms. The number of nitrogens with zero attached hydrogens (tertiary/aromatic N) is 1. The van der Waals surface area contributed by atoms with E-state index in [0.29, 0.717) is 37.3 Å². The predicted octanol–water partition coefficient (Wildman–Crippen LogP) is -1.92. The van der Waals surface area contributed by atoms with Crippen LogP contribution in [-0.2, 0) is 25.6 Å². The number of H-pyrrole nitrogens is 1. The largest absolute Gasteiger partial charge is 0.480 e. The van der Waals surface area contributed by atoms with Crippen molar-refractivity contribution in [2.45, 2.75) is 69.3 Å². The molecule has 14 heteroatoms. The van der Waals surface area contributed by atoms with Gasteiger partial charge in [-0.25, -0.2) is 9.78 Å². The number of thioether (sulfide) groups is 1. The molecule has 3 amide bonds. The summed E-state index contributed by atoms with van der Waals surface area (Å²) in [5.74, 6) is -2.74. The first-order valence-electron chi connectivity index (χ1n) is 11.3. The highest BCUT2D eigenvalue weighted by Gasteiger charge is 2.32. The van der Waals surface area contributed by atoms with Crippen LogP contribution in [0.15, 0.2) is 12.5 Å². The minimum atomic E-state index is -1.38. The van der Waals surface area contributed by atoms with E-state index in [1.165, 1.54) is 31.2 Å². The van der Waals surface area contributed by atoms with E-state index < -0.39 is 54.0 Å². The second-order valence-corrected chi connectivity index (χ2v) is 9.13. The third kappa shape index (κ3) is 11.1. The smallest absolute Gasteiger partial charge is 0.326 e. The number of aliphatic hydroxyl groups excluding tert-OH is 1. The zero-order valence-electron chi connectivity index (χ0n) is 20.0. The Hall–Kier alpha value is -2.68. The fraction of sp³-hybridized carbons (Fsp3) is 0.667. The number of hydrogen-bond acceptors (Lipinski definition) is 9. The van der Waals surface area contributed by atoms with Crippen molar-refractivity contribution in [1.82, 2.24) is 25.9 Å². The zero-order chi connectivity index (χ0) is 26.4. The lowest BCUT2D eigenvalue weighted by Gasteiger charge is -2.26. The van der Waals surface area contributed by atoms with E-state index in [2.05, 4.69) is 25.9 Å². The fourth-order valence-corrected chi connectivity index (χ4v) is 3.64. The number of hydrogen-bond donors (Lipinski definition) is 8. The molecule has 1 rings (SSSR count). The van der Waals surface area contributed by atoms with Gasteiger partial charge in [0.15, 0.2) is 0 Å². The molecule has 0 aliphatic rings. The number of carboxylic acid groups (broad SMARTS) is 1. The van der Waals surface area contributed by atoms with Crippen molar-refractivity contribution in [2.75, 3.05) is 18.6 Å². The molecule has 5 unspecified atom stereocenters. The molecule has 5 atom stereocenters. The van der Waals surface area contributed by atoms with E-state index in [9.17, 15) is 29.4 Å². The highest BCUT2D eigenvalue weighted by Crippen LogP contribution is 2.06. The molecule has 13 nitrogen and oxygen atoms in total. The summed E-state index contributed by atoms with van der Waals surface area (Å²) in [5.41, 5.74) is 11.8. The van der Waals surface area contributed by atoms with Gasteiger partial charge in [0, 0.05) is 18.3 Å². The minimum Gasteiger partial charge on any atom is -0.480 e. The van der Waals surface area contributed by atoms with Crippen molar-refractivity contribution in [3.05, 3.63) is 18.2 Å². The van der Waals surface area contributed by atoms with Gasteiger partial charge in [-0.2, -0.15) is 11.8 Å². The van der Waals surface area contributed by atoms with Crippen LogP contribution in [0.25, 0.3) is 0 Å². The van der Waals surface area contributed by atoms with Gasteiger partial charge < -0.3 is 42.6 Å². The van der Waals surface area contributed by atoms with Crippen LogP contribution in [0.1, 0.15) is 38.3 Å². The Morgan fingerprint density at radius 3 is 2.31 bits per heavy atom. The lowest BCUT2D eigenvalue weighted by Crippen LogP contribution is -2.60. The topological polar surface area (TPSA) is 226 Å². The molecule has 10 N–H and O–H groups in total. The number of nitrogens with two attached hydrogens (primary N) is 2. The van der Waals surface area contributed by atoms with Crippen LogP contribution in [0.2, 0.25) is 0 Å². The van der Waals surface area contributed by atoms with Crippen LogP contribution in [0.3, 0.4) is 0 Å². The third-order valence-corrected chi connectivity index (χ3v) is 5.85. The maximum atomic E-state index is 13.0. The molecule has 1 aromatic heterocycles. The molecule has 0 saturated heterocycles. The lowest BCUT2D eigenvalue weighted by molar-refractivity contribution is -0.142. The molecule has 0 fully saturated rings. The third-order valence-electron chi connectivity index (χ3n) is 5.21. The zero-order valence-corrected chi connectivity index (χ0v) is 20.8. The van der Waals surface area contributed by atoms with E-state index in [4.69, 9.17) is 11.5 Å². The van der Waals surface area contributed by atoms with Crippen LogP contribution in [0.4, 0.5) is 0 Å². The van der Waals surface area contributed by atoms with Crippen molar-refractivity contribution >= 4 is 35.5 Å². The molecule has 0 aliphatic heterocycles. The summed E-state index contributed by atoms with van der Waals surface area (Å²) in [7, 11) is 0. The quantitative estimate of drug-likeness (QED) is 0.107. The number of carboxylic acids is 1. The summed E-state index contributed by atoms with van der Waals surface area (Å²) in [6, 6.07) is -4.62. The summed E-state index contributed by atoms with van der Waals surface area (Å²) in [5, 5.41) is 27.0. The number of carbonyl (C=O) groups is 4. The second-order valence-electron chi connectivity index (χ2n) is 8.14. The molecule has 1 heterocycles. The number of rotatable bonds is 17. The molecule has 0 saturated carbocycles. The van der Waals surface area contributed by atoms with Gasteiger partial charge >= 0.3 is 5.97 Å². The number of aromatic nitrogens is 2. The Morgan fingerprint density at radius 1 is 1.09 bits per heavy atom. The Bertz CT molecular complexity index is 808. The number of aromatic amines is 1. The van der Waals surface area contributed by atoms with Crippen molar-refractivity contribution in [1.29, 1.82) is 0 Å².